The maximum atomic E-state index is 13.6. The van der Waals surface area contributed by atoms with Gasteiger partial charge in [-0.1, -0.05) is 86.8 Å². The molecule has 0 radical (unpaired) electrons. The molecule has 1 aliphatic heterocycles. The van der Waals surface area contributed by atoms with Gasteiger partial charge in [-0.25, -0.2) is 0 Å². The predicted molar refractivity (Wildman–Crippen MR) is 155 cm³/mol. The Morgan fingerprint density at radius 1 is 1.03 bits per heavy atom. The standard InChI is InChI=1S/C29H33N3O3S2/c1-5-6-7-8-9-10-15-32-28(34)24(37-29(32)36)18-22-26(35-23-14-13-19(2)17-21(23)4)30-25-20(3)12-11-16-31(25)27(22)33/h11-14,16-18H,5-10,15H2,1-4H3/b24-18+. The highest BCUT2D eigenvalue weighted by Gasteiger charge is 2.32. The van der Waals surface area contributed by atoms with Gasteiger partial charge in [0, 0.05) is 12.7 Å². The van der Waals surface area contributed by atoms with Gasteiger partial charge in [0.15, 0.2) is 0 Å². The minimum absolute atomic E-state index is 0.172. The van der Waals surface area contributed by atoms with Crippen LogP contribution in [0.5, 0.6) is 11.6 Å². The zero-order valence-corrected chi connectivity index (χ0v) is 23.5. The average Bonchev–Trinajstić information content (AvgIpc) is 3.13. The van der Waals surface area contributed by atoms with E-state index in [4.69, 9.17) is 21.9 Å². The van der Waals surface area contributed by atoms with E-state index in [1.54, 1.807) is 23.2 Å². The number of fused-ring (bicyclic) bond motifs is 1. The molecule has 0 atom stereocenters. The number of pyridine rings is 1. The van der Waals surface area contributed by atoms with E-state index in [0.29, 0.717) is 27.2 Å². The van der Waals surface area contributed by atoms with Crippen molar-refractivity contribution in [3.63, 3.8) is 0 Å². The molecule has 37 heavy (non-hydrogen) atoms. The number of carbonyl (C=O) groups is 1. The first-order valence-corrected chi connectivity index (χ1v) is 14.0. The molecule has 0 N–H and O–H groups in total. The van der Waals surface area contributed by atoms with Crippen LogP contribution in [-0.4, -0.2) is 31.1 Å². The van der Waals surface area contributed by atoms with E-state index in [2.05, 4.69) is 6.92 Å². The fourth-order valence-corrected chi connectivity index (χ4v) is 5.68. The normalized spacial score (nSPS) is 14.8. The van der Waals surface area contributed by atoms with Gasteiger partial charge in [0.2, 0.25) is 5.88 Å². The second-order valence-electron chi connectivity index (χ2n) is 9.49. The predicted octanol–water partition coefficient (Wildman–Crippen LogP) is 6.97. The minimum Gasteiger partial charge on any atom is -0.438 e. The van der Waals surface area contributed by atoms with Gasteiger partial charge in [-0.05, 0) is 56.5 Å². The van der Waals surface area contributed by atoms with Crippen molar-refractivity contribution in [2.75, 3.05) is 6.54 Å². The fourth-order valence-electron chi connectivity index (χ4n) is 4.39. The smallest absolute Gasteiger partial charge is 0.269 e. The highest BCUT2D eigenvalue weighted by atomic mass is 32.2. The molecule has 1 saturated heterocycles. The van der Waals surface area contributed by atoms with Crippen LogP contribution in [-0.2, 0) is 4.79 Å². The second kappa shape index (κ2) is 12.0. The van der Waals surface area contributed by atoms with Crippen LogP contribution < -0.4 is 10.3 Å². The van der Waals surface area contributed by atoms with Crippen LogP contribution in [0.3, 0.4) is 0 Å². The summed E-state index contributed by atoms with van der Waals surface area (Å²) in [5.41, 5.74) is 3.34. The number of hydrogen-bond donors (Lipinski definition) is 0. The monoisotopic (exact) mass is 535 g/mol. The van der Waals surface area contributed by atoms with E-state index >= 15 is 0 Å². The molecule has 1 fully saturated rings. The largest absolute Gasteiger partial charge is 0.438 e. The summed E-state index contributed by atoms with van der Waals surface area (Å²) in [6.45, 7) is 8.65. The molecule has 1 aliphatic rings. The van der Waals surface area contributed by atoms with E-state index in [0.717, 1.165) is 36.0 Å². The molecule has 3 aromatic rings. The summed E-state index contributed by atoms with van der Waals surface area (Å²) < 4.78 is 8.23. The zero-order valence-electron chi connectivity index (χ0n) is 21.9. The van der Waals surface area contributed by atoms with Gasteiger partial charge < -0.3 is 4.74 Å². The quantitative estimate of drug-likeness (QED) is 0.159. The van der Waals surface area contributed by atoms with Crippen LogP contribution in [0.25, 0.3) is 11.7 Å². The molecule has 4 rings (SSSR count). The topological polar surface area (TPSA) is 63.9 Å². The van der Waals surface area contributed by atoms with Gasteiger partial charge in [0.05, 0.1) is 4.91 Å². The summed E-state index contributed by atoms with van der Waals surface area (Å²) in [6.07, 6.45) is 10.1. The number of amides is 1. The number of rotatable bonds is 10. The van der Waals surface area contributed by atoms with Gasteiger partial charge in [-0.3, -0.25) is 18.9 Å². The number of benzene rings is 1. The molecule has 194 valence electrons. The van der Waals surface area contributed by atoms with Crippen LogP contribution in [0, 0.1) is 20.8 Å². The first-order chi connectivity index (χ1) is 17.8. The van der Waals surface area contributed by atoms with Crippen LogP contribution >= 0.6 is 24.0 Å². The van der Waals surface area contributed by atoms with Gasteiger partial charge >= 0.3 is 0 Å². The third-order valence-electron chi connectivity index (χ3n) is 6.47. The van der Waals surface area contributed by atoms with Gasteiger partial charge in [-0.2, -0.15) is 4.98 Å². The summed E-state index contributed by atoms with van der Waals surface area (Å²) in [7, 11) is 0. The number of aryl methyl sites for hydroxylation is 3. The van der Waals surface area contributed by atoms with Crippen molar-refractivity contribution in [1.29, 1.82) is 0 Å². The van der Waals surface area contributed by atoms with Crippen LogP contribution in [0.4, 0.5) is 0 Å². The molecule has 0 aliphatic carbocycles. The maximum absolute atomic E-state index is 13.6. The van der Waals surface area contributed by atoms with Gasteiger partial charge in [0.25, 0.3) is 11.5 Å². The first-order valence-electron chi connectivity index (χ1n) is 12.8. The van der Waals surface area contributed by atoms with Gasteiger partial charge in [0.1, 0.15) is 21.3 Å². The highest BCUT2D eigenvalue weighted by molar-refractivity contribution is 8.26. The van der Waals surface area contributed by atoms with E-state index in [1.165, 1.54) is 35.4 Å². The summed E-state index contributed by atoms with van der Waals surface area (Å²) >= 11 is 6.74. The Hall–Kier alpha value is -2.97. The lowest BCUT2D eigenvalue weighted by Gasteiger charge is -2.14. The first kappa shape index (κ1) is 27.1. The molecule has 1 amide bonds. The average molecular weight is 536 g/mol. The zero-order chi connectivity index (χ0) is 26.5. The van der Waals surface area contributed by atoms with Crippen LogP contribution in [0.1, 0.15) is 67.7 Å². The molecule has 0 saturated carbocycles. The Labute approximate surface area is 227 Å². The molecular weight excluding hydrogens is 502 g/mol. The van der Waals surface area contributed by atoms with Crippen molar-refractivity contribution < 1.29 is 9.53 Å². The summed E-state index contributed by atoms with van der Waals surface area (Å²) in [5, 5.41) is 0. The van der Waals surface area contributed by atoms with Crippen molar-refractivity contribution in [1.82, 2.24) is 14.3 Å². The SMILES string of the molecule is CCCCCCCCN1C(=O)/C(=C\c2c(Oc3ccc(C)cc3C)nc3c(C)cccn3c2=O)SC1=S. The Balaban J connectivity index is 1.68. The number of carbonyl (C=O) groups excluding carboxylic acids is 1. The maximum Gasteiger partial charge on any atom is 0.269 e. The Kier molecular flexibility index (Phi) is 8.82. The lowest BCUT2D eigenvalue weighted by Crippen LogP contribution is -2.29. The lowest BCUT2D eigenvalue weighted by molar-refractivity contribution is -0.122. The molecule has 1 aromatic carbocycles. The summed E-state index contributed by atoms with van der Waals surface area (Å²) in [4.78, 5) is 33.6. The molecule has 6 nitrogen and oxygen atoms in total. The number of nitrogens with zero attached hydrogens (tertiary/aromatic N) is 3. The summed E-state index contributed by atoms with van der Waals surface area (Å²) in [6, 6.07) is 9.54. The molecule has 2 aromatic heterocycles. The third-order valence-corrected chi connectivity index (χ3v) is 7.85. The van der Waals surface area contributed by atoms with E-state index in [-0.39, 0.29) is 22.9 Å². The number of thiocarbonyl (C=S) groups is 1. The van der Waals surface area contributed by atoms with E-state index < -0.39 is 0 Å². The van der Waals surface area contributed by atoms with Gasteiger partial charge in [-0.15, -0.1) is 0 Å². The Bertz CT molecular complexity index is 1430. The lowest BCUT2D eigenvalue weighted by atomic mass is 10.1. The van der Waals surface area contributed by atoms with E-state index in [9.17, 15) is 9.59 Å². The Morgan fingerprint density at radius 3 is 2.54 bits per heavy atom. The molecule has 0 spiro atoms. The van der Waals surface area contributed by atoms with Crippen LogP contribution in [0.15, 0.2) is 46.2 Å². The van der Waals surface area contributed by atoms with Crippen molar-refractivity contribution in [2.24, 2.45) is 0 Å². The van der Waals surface area contributed by atoms with E-state index in [1.807, 2.05) is 45.0 Å². The third kappa shape index (κ3) is 6.13. The number of hydrogen-bond acceptors (Lipinski definition) is 6. The number of aromatic nitrogens is 2. The molecule has 0 unspecified atom stereocenters. The number of unbranched alkanes of at least 4 members (excludes halogenated alkanes) is 5. The molecule has 8 heteroatoms. The van der Waals surface area contributed by atoms with Crippen molar-refractivity contribution in [2.45, 2.75) is 66.2 Å². The molecular formula is C29H33N3O3S2. The van der Waals surface area contributed by atoms with Crippen LogP contribution in [0.2, 0.25) is 0 Å². The Morgan fingerprint density at radius 2 is 1.78 bits per heavy atom. The summed E-state index contributed by atoms with van der Waals surface area (Å²) in [5.74, 6) is 0.614. The minimum atomic E-state index is -0.297. The molecule has 0 bridgehead atoms. The number of ether oxygens (including phenoxy) is 1. The fraction of sp³-hybridized carbons (Fsp3) is 0.379. The van der Waals surface area contributed by atoms with Crippen molar-refractivity contribution >= 4 is 45.9 Å². The van der Waals surface area contributed by atoms with Crippen molar-refractivity contribution in [3.8, 4) is 11.6 Å². The highest BCUT2D eigenvalue weighted by Crippen LogP contribution is 2.35. The number of thioether (sulfide) groups is 1. The molecule has 3 heterocycles. The second-order valence-corrected chi connectivity index (χ2v) is 11.2. The van der Waals surface area contributed by atoms with Crippen molar-refractivity contribution in [3.05, 3.63) is 74.0 Å².